The number of aromatic carboxylic acids is 2. The van der Waals surface area contributed by atoms with Crippen molar-refractivity contribution in [1.82, 2.24) is 0 Å². The van der Waals surface area contributed by atoms with Gasteiger partial charge >= 0.3 is 5.97 Å². The van der Waals surface area contributed by atoms with Crippen molar-refractivity contribution in [2.75, 3.05) is 0 Å². The molecule has 0 aliphatic heterocycles. The molecule has 1 aromatic carbocycles. The predicted molar refractivity (Wildman–Crippen MR) is 37.2 cm³/mol. The normalized spacial score (nSPS) is 9.54. The van der Waals surface area contributed by atoms with Crippen molar-refractivity contribution in [1.29, 1.82) is 0 Å². The summed E-state index contributed by atoms with van der Waals surface area (Å²) in [4.78, 5) is 20.8. The molecule has 0 atom stereocenters. The zero-order valence-electron chi connectivity index (χ0n) is 6.31. The Kier molecular flexibility index (Phi) is 2.19. The molecule has 0 aromatic heterocycles. The fraction of sp³-hybridized carbons (Fsp3) is 0. The summed E-state index contributed by atoms with van der Waals surface area (Å²) in [5.74, 6) is -3.64. The predicted octanol–water partition coefficient (Wildman–Crippen LogP) is -1.18. The van der Waals surface area contributed by atoms with E-state index < -0.39 is 28.8 Å². The van der Waals surface area contributed by atoms with Crippen LogP contribution in [0.3, 0.4) is 0 Å². The van der Waals surface area contributed by atoms with Gasteiger partial charge in [0.05, 0.1) is 11.5 Å². The molecule has 1 aromatic rings. The van der Waals surface area contributed by atoms with Crippen molar-refractivity contribution in [2.24, 2.45) is 0 Å². The molecule has 13 heavy (non-hydrogen) atoms. The Labute approximate surface area is 72.9 Å². The van der Waals surface area contributed by atoms with Crippen LogP contribution in [0, 0.1) is 0 Å². The van der Waals surface area contributed by atoms with Crippen LogP contribution in [0.5, 0.6) is 5.75 Å². The maximum atomic E-state index is 10.7. The molecule has 0 bridgehead atoms. The fourth-order valence-corrected chi connectivity index (χ4v) is 0.879. The minimum Gasteiger partial charge on any atom is -0.872 e. The van der Waals surface area contributed by atoms with Crippen LogP contribution in [0.15, 0.2) is 18.2 Å². The fourth-order valence-electron chi connectivity index (χ4n) is 0.879. The van der Waals surface area contributed by atoms with E-state index in [1.54, 1.807) is 0 Å². The summed E-state index contributed by atoms with van der Waals surface area (Å²) in [6.45, 7) is 0. The highest BCUT2D eigenvalue weighted by atomic mass is 16.4. The molecule has 0 fully saturated rings. The largest absolute Gasteiger partial charge is 0.872 e. The quantitative estimate of drug-likeness (QED) is 0.617. The van der Waals surface area contributed by atoms with Gasteiger partial charge in [-0.3, -0.25) is 0 Å². The summed E-state index contributed by atoms with van der Waals surface area (Å²) in [5.41, 5.74) is -1.04. The summed E-state index contributed by atoms with van der Waals surface area (Å²) in [7, 11) is 0. The van der Waals surface area contributed by atoms with Crippen LogP contribution in [0.25, 0.3) is 0 Å². The van der Waals surface area contributed by atoms with Crippen molar-refractivity contribution in [3.8, 4) is 5.75 Å². The van der Waals surface area contributed by atoms with Gasteiger partial charge in [0.1, 0.15) is 0 Å². The van der Waals surface area contributed by atoms with Gasteiger partial charge in [0, 0.05) is 5.56 Å². The molecule has 5 heteroatoms. The number of hydrogen-bond donors (Lipinski definition) is 1. The third kappa shape index (κ3) is 1.76. The van der Waals surface area contributed by atoms with Crippen LogP contribution in [0.4, 0.5) is 0 Å². The first kappa shape index (κ1) is 9.05. The van der Waals surface area contributed by atoms with E-state index in [2.05, 4.69) is 0 Å². The summed E-state index contributed by atoms with van der Waals surface area (Å²) in [6.07, 6.45) is 0. The SMILES string of the molecule is O=C([O-])c1cc([O-])ccc1C(=O)O. The first-order chi connectivity index (χ1) is 6.02. The highest BCUT2D eigenvalue weighted by Crippen LogP contribution is 2.13. The van der Waals surface area contributed by atoms with Crippen molar-refractivity contribution >= 4 is 11.9 Å². The van der Waals surface area contributed by atoms with E-state index in [4.69, 9.17) is 5.11 Å². The Hall–Kier alpha value is -2.04. The van der Waals surface area contributed by atoms with E-state index >= 15 is 0 Å². The molecule has 0 saturated carbocycles. The Balaban J connectivity index is 3.35. The third-order valence-electron chi connectivity index (χ3n) is 1.44. The lowest BCUT2D eigenvalue weighted by molar-refractivity contribution is -0.269. The molecule has 0 aliphatic rings. The van der Waals surface area contributed by atoms with Gasteiger partial charge in [-0.1, -0.05) is 12.1 Å². The molecule has 0 heterocycles. The molecule has 0 aliphatic carbocycles. The van der Waals surface area contributed by atoms with Crippen LogP contribution in [0.1, 0.15) is 20.7 Å². The number of carboxylic acid groups (broad SMARTS) is 2. The highest BCUT2D eigenvalue weighted by Gasteiger charge is 2.09. The summed E-state index contributed by atoms with van der Waals surface area (Å²) in [6, 6.07) is 2.64. The molecule has 0 saturated heterocycles. The maximum Gasteiger partial charge on any atom is 0.336 e. The van der Waals surface area contributed by atoms with Crippen molar-refractivity contribution in [2.45, 2.75) is 0 Å². The Morgan fingerprint density at radius 2 is 1.85 bits per heavy atom. The molecule has 0 amide bonds. The van der Waals surface area contributed by atoms with Crippen molar-refractivity contribution < 1.29 is 24.9 Å². The zero-order chi connectivity index (χ0) is 10.0. The lowest BCUT2D eigenvalue weighted by atomic mass is 10.1. The average molecular weight is 180 g/mol. The van der Waals surface area contributed by atoms with Crippen LogP contribution < -0.4 is 10.2 Å². The van der Waals surface area contributed by atoms with E-state index in [0.29, 0.717) is 0 Å². The van der Waals surface area contributed by atoms with Gasteiger partial charge in [0.25, 0.3) is 0 Å². The molecule has 0 unspecified atom stereocenters. The van der Waals surface area contributed by atoms with Gasteiger partial charge in [-0.2, -0.15) is 0 Å². The minimum absolute atomic E-state index is 0.445. The van der Waals surface area contributed by atoms with Gasteiger partial charge in [-0.15, -0.1) is 5.75 Å². The van der Waals surface area contributed by atoms with E-state index in [9.17, 15) is 19.8 Å². The molecular formula is C8H4O5-2. The van der Waals surface area contributed by atoms with E-state index in [1.807, 2.05) is 0 Å². The Bertz CT molecular complexity index is 369. The van der Waals surface area contributed by atoms with Gasteiger partial charge in [0.2, 0.25) is 0 Å². The molecule has 0 spiro atoms. The van der Waals surface area contributed by atoms with Crippen molar-refractivity contribution in [3.63, 3.8) is 0 Å². The Morgan fingerprint density at radius 3 is 2.31 bits per heavy atom. The van der Waals surface area contributed by atoms with E-state index in [-0.39, 0.29) is 0 Å². The lowest BCUT2D eigenvalue weighted by Crippen LogP contribution is -2.25. The Morgan fingerprint density at radius 1 is 1.23 bits per heavy atom. The smallest absolute Gasteiger partial charge is 0.336 e. The number of rotatable bonds is 2. The van der Waals surface area contributed by atoms with Crippen LogP contribution in [-0.4, -0.2) is 17.0 Å². The van der Waals surface area contributed by atoms with Gasteiger partial charge < -0.3 is 20.1 Å². The van der Waals surface area contributed by atoms with E-state index in [1.165, 1.54) is 0 Å². The minimum atomic E-state index is -1.67. The summed E-state index contributed by atoms with van der Waals surface area (Å²) in [5, 5.41) is 29.6. The molecule has 1 N–H and O–H groups in total. The number of hydrogen-bond acceptors (Lipinski definition) is 4. The summed E-state index contributed by atoms with van der Waals surface area (Å²) < 4.78 is 0. The standard InChI is InChI=1S/C8H6O5/c9-4-1-2-5(7(10)11)6(3-4)8(12)13/h1-3,9H,(H,10,11)(H,12,13)/p-2. The zero-order valence-corrected chi connectivity index (χ0v) is 6.31. The first-order valence-electron chi connectivity index (χ1n) is 3.28. The lowest BCUT2D eigenvalue weighted by Gasteiger charge is -2.11. The van der Waals surface area contributed by atoms with Crippen molar-refractivity contribution in [3.05, 3.63) is 29.3 Å². The molecule has 68 valence electrons. The molecule has 5 nitrogen and oxygen atoms in total. The number of benzene rings is 1. The second kappa shape index (κ2) is 3.14. The number of carboxylic acids is 2. The maximum absolute atomic E-state index is 10.7. The van der Waals surface area contributed by atoms with Crippen LogP contribution in [0.2, 0.25) is 0 Å². The first-order valence-corrected chi connectivity index (χ1v) is 3.28. The van der Waals surface area contributed by atoms with E-state index in [0.717, 1.165) is 18.2 Å². The topological polar surface area (TPSA) is 100 Å². The van der Waals surface area contributed by atoms with Crippen LogP contribution >= 0.6 is 0 Å². The monoisotopic (exact) mass is 180 g/mol. The van der Waals surface area contributed by atoms with Gasteiger partial charge in [-0.25, -0.2) is 4.79 Å². The van der Waals surface area contributed by atoms with Gasteiger partial charge in [0.15, 0.2) is 0 Å². The second-order valence-corrected chi connectivity index (χ2v) is 2.30. The third-order valence-corrected chi connectivity index (χ3v) is 1.44. The van der Waals surface area contributed by atoms with Crippen LogP contribution in [-0.2, 0) is 0 Å². The highest BCUT2D eigenvalue weighted by molar-refractivity contribution is 6.01. The van der Waals surface area contributed by atoms with Gasteiger partial charge in [-0.05, 0) is 6.07 Å². The second-order valence-electron chi connectivity index (χ2n) is 2.30. The molecule has 1 rings (SSSR count). The average Bonchev–Trinajstić information content (AvgIpc) is 2.03. The molecular weight excluding hydrogens is 176 g/mol. The number of carbonyl (C=O) groups excluding carboxylic acids is 1. The summed E-state index contributed by atoms with van der Waals surface area (Å²) >= 11 is 0. The molecule has 0 radical (unpaired) electrons. The number of carbonyl (C=O) groups is 2.